The van der Waals surface area contributed by atoms with E-state index >= 15 is 0 Å². The molecular weight excluding hydrogens is 302 g/mol. The zero-order valence-corrected chi connectivity index (χ0v) is 14.4. The Morgan fingerprint density at radius 3 is 2.59 bits per heavy atom. The van der Waals surface area contributed by atoms with Crippen LogP contribution in [0.2, 0.25) is 0 Å². The van der Waals surface area contributed by atoms with Crippen molar-refractivity contribution in [1.29, 1.82) is 0 Å². The summed E-state index contributed by atoms with van der Waals surface area (Å²) < 4.78 is 1.60. The van der Waals surface area contributed by atoms with Crippen molar-refractivity contribution in [3.8, 4) is 0 Å². The van der Waals surface area contributed by atoms with Gasteiger partial charge < -0.3 is 9.80 Å². The number of hydrogen-bond acceptors (Lipinski definition) is 5. The van der Waals surface area contributed by atoms with Gasteiger partial charge in [-0.25, -0.2) is 9.89 Å². The average Bonchev–Trinajstić information content (AvgIpc) is 2.88. The molecule has 0 saturated carbocycles. The summed E-state index contributed by atoms with van der Waals surface area (Å²) in [6.45, 7) is 11.1. The first-order valence-electron chi connectivity index (χ1n) is 7.89. The molecule has 0 aliphatic carbocycles. The molecule has 1 unspecified atom stereocenters. The summed E-state index contributed by atoms with van der Waals surface area (Å²) >= 11 is 1.36. The van der Waals surface area contributed by atoms with Crippen molar-refractivity contribution in [3.05, 3.63) is 10.5 Å². The number of aromatic amines is 1. The fourth-order valence-corrected chi connectivity index (χ4v) is 3.53. The molecule has 8 heteroatoms. The Bertz CT molecular complexity index is 548. The van der Waals surface area contributed by atoms with E-state index in [0.29, 0.717) is 11.7 Å². The fraction of sp³-hybridized carbons (Fsp3) is 0.786. The smallest absolute Gasteiger partial charge is 0.339 e. The predicted molar refractivity (Wildman–Crippen MR) is 87.2 cm³/mol. The third-order valence-electron chi connectivity index (χ3n) is 3.93. The van der Waals surface area contributed by atoms with Gasteiger partial charge >= 0.3 is 5.69 Å². The van der Waals surface area contributed by atoms with Crippen LogP contribution >= 0.6 is 11.8 Å². The average molecular weight is 327 g/mol. The van der Waals surface area contributed by atoms with Gasteiger partial charge in [-0.3, -0.25) is 9.36 Å². The van der Waals surface area contributed by atoms with Gasteiger partial charge in [0.25, 0.3) is 0 Å². The molecular formula is C14H25N5O2S. The first-order chi connectivity index (χ1) is 10.6. The van der Waals surface area contributed by atoms with E-state index in [1.165, 1.54) is 11.8 Å². The van der Waals surface area contributed by atoms with Crippen molar-refractivity contribution in [2.24, 2.45) is 0 Å². The first kappa shape index (κ1) is 17.1. The molecule has 0 aromatic carbocycles. The molecule has 1 aromatic rings. The highest BCUT2D eigenvalue weighted by atomic mass is 32.2. The van der Waals surface area contributed by atoms with Gasteiger partial charge in [0.2, 0.25) is 5.91 Å². The lowest BCUT2D eigenvalue weighted by atomic mass is 10.3. The Kier molecular flexibility index (Phi) is 6.07. The van der Waals surface area contributed by atoms with Crippen LogP contribution in [0.1, 0.15) is 27.2 Å². The van der Waals surface area contributed by atoms with Gasteiger partial charge in [-0.05, 0) is 19.9 Å². The zero-order chi connectivity index (χ0) is 16.1. The Balaban J connectivity index is 1.96. The van der Waals surface area contributed by atoms with E-state index in [1.807, 2.05) is 18.7 Å². The number of H-pyrrole nitrogens is 1. The van der Waals surface area contributed by atoms with Gasteiger partial charge in [-0.15, -0.1) is 5.10 Å². The number of rotatable bonds is 6. The van der Waals surface area contributed by atoms with Crippen molar-refractivity contribution < 1.29 is 4.79 Å². The van der Waals surface area contributed by atoms with Crippen LogP contribution in [0.5, 0.6) is 0 Å². The molecule has 0 radical (unpaired) electrons. The monoisotopic (exact) mass is 327 g/mol. The number of carbonyl (C=O) groups is 1. The SMILES string of the molecule is CCCn1c(SC(C)C(=O)N2CCN(CC)CC2)n[nH]c1=O. The van der Waals surface area contributed by atoms with E-state index in [0.717, 1.165) is 39.1 Å². The minimum absolute atomic E-state index is 0.124. The molecule has 2 rings (SSSR count). The number of aromatic nitrogens is 3. The van der Waals surface area contributed by atoms with E-state index in [1.54, 1.807) is 4.57 Å². The molecule has 0 bridgehead atoms. The molecule has 1 aromatic heterocycles. The van der Waals surface area contributed by atoms with Crippen LogP contribution in [0.4, 0.5) is 0 Å². The lowest BCUT2D eigenvalue weighted by Gasteiger charge is -2.35. The Morgan fingerprint density at radius 1 is 1.32 bits per heavy atom. The van der Waals surface area contributed by atoms with Crippen molar-refractivity contribution in [1.82, 2.24) is 24.6 Å². The highest BCUT2D eigenvalue weighted by Gasteiger charge is 2.26. The summed E-state index contributed by atoms with van der Waals surface area (Å²) in [5, 5.41) is 6.86. The number of carbonyl (C=O) groups excluding carboxylic acids is 1. The number of hydrogen-bond donors (Lipinski definition) is 1. The highest BCUT2D eigenvalue weighted by molar-refractivity contribution is 8.00. The van der Waals surface area contributed by atoms with Crippen LogP contribution in [-0.4, -0.2) is 68.4 Å². The molecule has 0 spiro atoms. The van der Waals surface area contributed by atoms with Crippen LogP contribution in [0.3, 0.4) is 0 Å². The predicted octanol–water partition coefficient (Wildman–Crippen LogP) is 0.626. The Labute approximate surface area is 135 Å². The largest absolute Gasteiger partial charge is 0.343 e. The normalized spacial score (nSPS) is 17.7. The third kappa shape index (κ3) is 3.92. The molecule has 2 heterocycles. The molecule has 1 fully saturated rings. The number of amides is 1. The fourth-order valence-electron chi connectivity index (χ4n) is 2.56. The number of nitrogens with zero attached hydrogens (tertiary/aromatic N) is 4. The van der Waals surface area contributed by atoms with Gasteiger partial charge in [0.15, 0.2) is 5.16 Å². The zero-order valence-electron chi connectivity index (χ0n) is 13.5. The number of nitrogens with one attached hydrogen (secondary N) is 1. The summed E-state index contributed by atoms with van der Waals surface area (Å²) in [6, 6.07) is 0. The lowest BCUT2D eigenvalue weighted by Crippen LogP contribution is -2.50. The summed E-state index contributed by atoms with van der Waals surface area (Å²) in [5.41, 5.74) is -0.208. The molecule has 22 heavy (non-hydrogen) atoms. The summed E-state index contributed by atoms with van der Waals surface area (Å²) in [5.74, 6) is 0.124. The van der Waals surface area contributed by atoms with E-state index in [-0.39, 0.29) is 16.8 Å². The van der Waals surface area contributed by atoms with Crippen molar-refractivity contribution in [2.75, 3.05) is 32.7 Å². The van der Waals surface area contributed by atoms with Crippen molar-refractivity contribution >= 4 is 17.7 Å². The van der Waals surface area contributed by atoms with Crippen LogP contribution < -0.4 is 5.69 Å². The van der Waals surface area contributed by atoms with Crippen LogP contribution in [0.15, 0.2) is 9.95 Å². The quantitative estimate of drug-likeness (QED) is 0.776. The highest BCUT2D eigenvalue weighted by Crippen LogP contribution is 2.22. The first-order valence-corrected chi connectivity index (χ1v) is 8.77. The third-order valence-corrected chi connectivity index (χ3v) is 5.01. The van der Waals surface area contributed by atoms with E-state index in [9.17, 15) is 9.59 Å². The van der Waals surface area contributed by atoms with Crippen LogP contribution in [0.25, 0.3) is 0 Å². The van der Waals surface area contributed by atoms with Gasteiger partial charge in [0, 0.05) is 32.7 Å². The van der Waals surface area contributed by atoms with E-state index < -0.39 is 0 Å². The summed E-state index contributed by atoms with van der Waals surface area (Å²) in [6.07, 6.45) is 0.855. The number of piperazine rings is 1. The maximum atomic E-state index is 12.5. The minimum Gasteiger partial charge on any atom is -0.339 e. The molecule has 124 valence electrons. The molecule has 1 saturated heterocycles. The van der Waals surface area contributed by atoms with E-state index in [4.69, 9.17) is 0 Å². The maximum absolute atomic E-state index is 12.5. The molecule has 1 amide bonds. The minimum atomic E-state index is -0.237. The molecule has 7 nitrogen and oxygen atoms in total. The standard InChI is InChI=1S/C14H25N5O2S/c1-4-6-19-13(21)15-16-14(19)22-11(3)12(20)18-9-7-17(5-2)8-10-18/h11H,4-10H2,1-3H3,(H,15,21). The second kappa shape index (κ2) is 7.82. The second-order valence-corrected chi connectivity index (χ2v) is 6.79. The van der Waals surface area contributed by atoms with Crippen LogP contribution in [0, 0.1) is 0 Å². The van der Waals surface area contributed by atoms with Crippen molar-refractivity contribution in [2.45, 2.75) is 44.1 Å². The van der Waals surface area contributed by atoms with Gasteiger partial charge in [0.05, 0.1) is 5.25 Å². The molecule has 1 aliphatic rings. The summed E-state index contributed by atoms with van der Waals surface area (Å²) in [7, 11) is 0. The summed E-state index contributed by atoms with van der Waals surface area (Å²) in [4.78, 5) is 28.5. The van der Waals surface area contributed by atoms with Gasteiger partial charge in [-0.1, -0.05) is 25.6 Å². The van der Waals surface area contributed by atoms with E-state index in [2.05, 4.69) is 22.0 Å². The van der Waals surface area contributed by atoms with Gasteiger partial charge in [0.1, 0.15) is 0 Å². The second-order valence-electron chi connectivity index (χ2n) is 5.48. The maximum Gasteiger partial charge on any atom is 0.343 e. The number of likely N-dealkylation sites (N-methyl/N-ethyl adjacent to an activating group) is 1. The molecule has 1 N–H and O–H groups in total. The Morgan fingerprint density at radius 2 is 2.00 bits per heavy atom. The van der Waals surface area contributed by atoms with Gasteiger partial charge in [-0.2, -0.15) is 0 Å². The Hall–Kier alpha value is -1.28. The number of thioether (sulfide) groups is 1. The van der Waals surface area contributed by atoms with Crippen LogP contribution in [-0.2, 0) is 11.3 Å². The van der Waals surface area contributed by atoms with Crippen molar-refractivity contribution in [3.63, 3.8) is 0 Å². The molecule has 1 aliphatic heterocycles. The molecule has 1 atom stereocenters. The lowest BCUT2D eigenvalue weighted by molar-refractivity contribution is -0.132. The topological polar surface area (TPSA) is 74.2 Å².